The van der Waals surface area contributed by atoms with Gasteiger partial charge in [0.05, 0.1) is 12.2 Å². The summed E-state index contributed by atoms with van der Waals surface area (Å²) in [5.41, 5.74) is 5.92. The number of aromatic nitrogens is 1. The second kappa shape index (κ2) is 7.61. The van der Waals surface area contributed by atoms with Crippen molar-refractivity contribution in [1.82, 2.24) is 9.88 Å². The highest BCUT2D eigenvalue weighted by Gasteiger charge is 2.25. The van der Waals surface area contributed by atoms with Crippen LogP contribution in [0.3, 0.4) is 0 Å². The first-order valence-electron chi connectivity index (χ1n) is 7.01. The van der Waals surface area contributed by atoms with E-state index in [0.29, 0.717) is 32.6 Å². The molecule has 7 heteroatoms. The first-order valence-corrected chi connectivity index (χ1v) is 8.41. The van der Waals surface area contributed by atoms with Crippen molar-refractivity contribution in [3.05, 3.63) is 24.1 Å². The van der Waals surface area contributed by atoms with Crippen molar-refractivity contribution in [3.63, 3.8) is 0 Å². The molecule has 0 aromatic carbocycles. The Labute approximate surface area is 128 Å². The lowest BCUT2D eigenvalue weighted by molar-refractivity contribution is -0.132. The van der Waals surface area contributed by atoms with E-state index in [1.807, 2.05) is 11.2 Å². The fourth-order valence-corrected chi connectivity index (χ4v) is 2.80. The van der Waals surface area contributed by atoms with Gasteiger partial charge in [0, 0.05) is 26.2 Å². The van der Waals surface area contributed by atoms with Gasteiger partial charge in [-0.1, -0.05) is 0 Å². The summed E-state index contributed by atoms with van der Waals surface area (Å²) < 4.78 is 12.9. The van der Waals surface area contributed by atoms with Crippen molar-refractivity contribution in [3.8, 4) is 0 Å². The molecule has 1 aliphatic rings. The van der Waals surface area contributed by atoms with E-state index in [1.54, 1.807) is 17.8 Å². The zero-order valence-corrected chi connectivity index (χ0v) is 13.0. The third-order valence-electron chi connectivity index (χ3n) is 3.58. The number of hydrogen-bond donors (Lipinski definition) is 1. The molecule has 1 aliphatic heterocycles. The molecule has 2 heterocycles. The number of halogens is 1. The van der Waals surface area contributed by atoms with Crippen LogP contribution in [0.4, 0.5) is 10.2 Å². The number of pyridine rings is 1. The minimum absolute atomic E-state index is 0.0239. The lowest BCUT2D eigenvalue weighted by Gasteiger charge is -2.36. The number of carbonyl (C=O) groups is 1. The Kier molecular flexibility index (Phi) is 5.81. The van der Waals surface area contributed by atoms with E-state index in [-0.39, 0.29) is 11.7 Å². The molecule has 5 nitrogen and oxygen atoms in total. The Bertz CT molecular complexity index is 463. The smallest absolute Gasteiger partial charge is 0.239 e. The highest BCUT2D eigenvalue weighted by molar-refractivity contribution is 7.98. The molecule has 116 valence electrons. The maximum absolute atomic E-state index is 12.9. The standard InChI is InChI=1S/C14H21FN4OS/c1-21-9-4-12(16)14(20)19-7-5-18(6-8-19)13-3-2-11(15)10-17-13/h2-3,10,12H,4-9,16H2,1H3/t12-/m0/s1. The quantitative estimate of drug-likeness (QED) is 0.877. The first-order chi connectivity index (χ1) is 10.1. The summed E-state index contributed by atoms with van der Waals surface area (Å²) in [5.74, 6) is 1.32. The van der Waals surface area contributed by atoms with Crippen LogP contribution in [-0.2, 0) is 4.79 Å². The van der Waals surface area contributed by atoms with Gasteiger partial charge in [0.1, 0.15) is 11.6 Å². The number of carbonyl (C=O) groups excluding carboxylic acids is 1. The van der Waals surface area contributed by atoms with E-state index in [9.17, 15) is 9.18 Å². The second-order valence-corrected chi connectivity index (χ2v) is 6.02. The fourth-order valence-electron chi connectivity index (χ4n) is 2.31. The Balaban J connectivity index is 1.85. The molecule has 1 fully saturated rings. The van der Waals surface area contributed by atoms with Gasteiger partial charge in [-0.25, -0.2) is 9.37 Å². The van der Waals surface area contributed by atoms with Gasteiger partial charge < -0.3 is 15.5 Å². The van der Waals surface area contributed by atoms with E-state index in [4.69, 9.17) is 5.73 Å². The number of amides is 1. The van der Waals surface area contributed by atoms with Crippen LogP contribution in [0.25, 0.3) is 0 Å². The molecule has 0 spiro atoms. The predicted molar refractivity (Wildman–Crippen MR) is 84.0 cm³/mol. The zero-order chi connectivity index (χ0) is 15.2. The molecular formula is C14H21FN4OS. The first kappa shape index (κ1) is 16.0. The number of anilines is 1. The maximum Gasteiger partial charge on any atom is 0.239 e. The Morgan fingerprint density at radius 2 is 2.14 bits per heavy atom. The molecule has 1 amide bonds. The lowest BCUT2D eigenvalue weighted by atomic mass is 10.2. The lowest BCUT2D eigenvalue weighted by Crippen LogP contribution is -2.53. The van der Waals surface area contributed by atoms with Crippen LogP contribution in [0, 0.1) is 5.82 Å². The van der Waals surface area contributed by atoms with Crippen LogP contribution in [-0.4, -0.2) is 60.0 Å². The molecule has 0 radical (unpaired) electrons. The number of piperazine rings is 1. The number of nitrogens with two attached hydrogens (primary N) is 1. The Morgan fingerprint density at radius 3 is 2.71 bits per heavy atom. The summed E-state index contributed by atoms with van der Waals surface area (Å²) in [7, 11) is 0. The average molecular weight is 312 g/mol. The molecule has 0 bridgehead atoms. The topological polar surface area (TPSA) is 62.5 Å². The van der Waals surface area contributed by atoms with Gasteiger partial charge in [0.2, 0.25) is 5.91 Å². The minimum Gasteiger partial charge on any atom is -0.353 e. The largest absolute Gasteiger partial charge is 0.353 e. The Hall–Kier alpha value is -1.34. The van der Waals surface area contributed by atoms with Gasteiger partial charge in [-0.05, 0) is 30.6 Å². The molecule has 1 aromatic rings. The number of thioether (sulfide) groups is 1. The van der Waals surface area contributed by atoms with Crippen LogP contribution >= 0.6 is 11.8 Å². The molecule has 2 N–H and O–H groups in total. The van der Waals surface area contributed by atoms with Gasteiger partial charge in [0.15, 0.2) is 0 Å². The SMILES string of the molecule is CSCC[C@H](N)C(=O)N1CCN(c2ccc(F)cn2)CC1. The van der Waals surface area contributed by atoms with Gasteiger partial charge in [0.25, 0.3) is 0 Å². The predicted octanol–water partition coefficient (Wildman–Crippen LogP) is 0.950. The van der Waals surface area contributed by atoms with Crippen molar-refractivity contribution < 1.29 is 9.18 Å². The van der Waals surface area contributed by atoms with Crippen LogP contribution in [0.2, 0.25) is 0 Å². The monoisotopic (exact) mass is 312 g/mol. The van der Waals surface area contributed by atoms with Crippen LogP contribution in [0.15, 0.2) is 18.3 Å². The second-order valence-electron chi connectivity index (χ2n) is 5.03. The molecule has 1 atom stereocenters. The van der Waals surface area contributed by atoms with Gasteiger partial charge in [-0.15, -0.1) is 0 Å². The maximum atomic E-state index is 12.9. The summed E-state index contributed by atoms with van der Waals surface area (Å²) in [4.78, 5) is 20.1. The van der Waals surface area contributed by atoms with E-state index < -0.39 is 6.04 Å². The van der Waals surface area contributed by atoms with Gasteiger partial charge >= 0.3 is 0 Å². The number of nitrogens with zero attached hydrogens (tertiary/aromatic N) is 3. The number of rotatable bonds is 5. The molecule has 0 aliphatic carbocycles. The normalized spacial score (nSPS) is 16.9. The zero-order valence-electron chi connectivity index (χ0n) is 12.2. The summed E-state index contributed by atoms with van der Waals surface area (Å²) in [5, 5.41) is 0. The Morgan fingerprint density at radius 1 is 1.43 bits per heavy atom. The summed E-state index contributed by atoms with van der Waals surface area (Å²) in [6, 6.07) is 2.66. The molecule has 1 aromatic heterocycles. The number of hydrogen-bond acceptors (Lipinski definition) is 5. The van der Waals surface area contributed by atoms with Crippen molar-refractivity contribution in [2.24, 2.45) is 5.73 Å². The van der Waals surface area contributed by atoms with Crippen molar-refractivity contribution in [2.45, 2.75) is 12.5 Å². The van der Waals surface area contributed by atoms with Crippen LogP contribution in [0.5, 0.6) is 0 Å². The van der Waals surface area contributed by atoms with Crippen LogP contribution in [0.1, 0.15) is 6.42 Å². The molecule has 21 heavy (non-hydrogen) atoms. The summed E-state index contributed by atoms with van der Waals surface area (Å²) >= 11 is 1.69. The highest BCUT2D eigenvalue weighted by atomic mass is 32.2. The minimum atomic E-state index is -0.409. The molecule has 2 rings (SSSR count). The molecule has 0 saturated carbocycles. The average Bonchev–Trinajstić information content (AvgIpc) is 2.53. The van der Waals surface area contributed by atoms with Crippen molar-refractivity contribution in [1.29, 1.82) is 0 Å². The summed E-state index contributed by atoms with van der Waals surface area (Å²) in [6.45, 7) is 2.65. The molecule has 1 saturated heterocycles. The van der Waals surface area contributed by atoms with Crippen LogP contribution < -0.4 is 10.6 Å². The van der Waals surface area contributed by atoms with Gasteiger partial charge in [-0.3, -0.25) is 4.79 Å². The third-order valence-corrected chi connectivity index (χ3v) is 4.22. The summed E-state index contributed by atoms with van der Waals surface area (Å²) in [6.07, 6.45) is 3.93. The van der Waals surface area contributed by atoms with E-state index in [2.05, 4.69) is 9.88 Å². The van der Waals surface area contributed by atoms with Crippen molar-refractivity contribution in [2.75, 3.05) is 43.1 Å². The van der Waals surface area contributed by atoms with E-state index >= 15 is 0 Å². The van der Waals surface area contributed by atoms with Crippen molar-refractivity contribution >= 4 is 23.5 Å². The van der Waals surface area contributed by atoms with Gasteiger partial charge in [-0.2, -0.15) is 11.8 Å². The third kappa shape index (κ3) is 4.31. The van der Waals surface area contributed by atoms with E-state index in [1.165, 1.54) is 12.3 Å². The highest BCUT2D eigenvalue weighted by Crippen LogP contribution is 2.14. The fraction of sp³-hybridized carbons (Fsp3) is 0.571. The molecular weight excluding hydrogens is 291 g/mol. The van der Waals surface area contributed by atoms with E-state index in [0.717, 1.165) is 11.6 Å². The molecule has 0 unspecified atom stereocenters.